The summed E-state index contributed by atoms with van der Waals surface area (Å²) in [6.07, 6.45) is 0.0354. The number of carbonyl (C=O) groups excluding carboxylic acids is 3. The van der Waals surface area contributed by atoms with Crippen molar-refractivity contribution in [2.75, 3.05) is 18.5 Å². The fourth-order valence-corrected chi connectivity index (χ4v) is 3.37. The molecule has 0 aliphatic heterocycles. The van der Waals surface area contributed by atoms with Crippen LogP contribution in [-0.4, -0.2) is 39.2 Å². The number of benzene rings is 2. The fourth-order valence-electron chi connectivity index (χ4n) is 2.34. The van der Waals surface area contributed by atoms with Gasteiger partial charge < -0.3 is 10.1 Å². The van der Waals surface area contributed by atoms with Gasteiger partial charge in [-0.1, -0.05) is 0 Å². The Labute approximate surface area is 173 Å². The van der Waals surface area contributed by atoms with E-state index in [9.17, 15) is 22.8 Å². The molecule has 156 valence electrons. The summed E-state index contributed by atoms with van der Waals surface area (Å²) in [5.74, 6) is -1.45. The highest BCUT2D eigenvalue weighted by Gasteiger charge is 2.16. The zero-order valence-corrected chi connectivity index (χ0v) is 16.9. The zero-order chi connectivity index (χ0) is 22.1. The Balaban J connectivity index is 1.94. The Bertz CT molecular complexity index is 1070. The quantitative estimate of drug-likeness (QED) is 0.352. The van der Waals surface area contributed by atoms with Gasteiger partial charge in [-0.3, -0.25) is 9.59 Å². The number of nitrogens with one attached hydrogen (secondary N) is 2. The van der Waals surface area contributed by atoms with Gasteiger partial charge in [0.2, 0.25) is 15.9 Å². The number of Topliss-reactive ketones (excluding diaryl/α,β-unsaturated/α-hetero) is 1. The molecule has 0 aliphatic rings. The highest BCUT2D eigenvalue weighted by molar-refractivity contribution is 7.89. The summed E-state index contributed by atoms with van der Waals surface area (Å²) in [6.45, 7) is 0.858. The summed E-state index contributed by atoms with van der Waals surface area (Å²) in [4.78, 5) is 35.2. The van der Waals surface area contributed by atoms with Gasteiger partial charge in [0, 0.05) is 31.1 Å². The first-order chi connectivity index (χ1) is 14.2. The SMILES string of the molecule is CC(=O)Nc1ccc(C(=O)COC(=O)c2ccc(S(=O)(=O)NCCC#N)cc2)cc1. The maximum atomic E-state index is 12.1. The predicted molar refractivity (Wildman–Crippen MR) is 107 cm³/mol. The normalized spacial score (nSPS) is 10.7. The molecule has 2 aromatic carbocycles. The second-order valence-electron chi connectivity index (χ2n) is 6.09. The van der Waals surface area contributed by atoms with Crippen molar-refractivity contribution in [3.8, 4) is 6.07 Å². The van der Waals surface area contributed by atoms with Gasteiger partial charge in [-0.05, 0) is 48.5 Å². The van der Waals surface area contributed by atoms with Crippen molar-refractivity contribution < 1.29 is 27.5 Å². The maximum absolute atomic E-state index is 12.1. The first-order valence-corrected chi connectivity index (χ1v) is 10.3. The lowest BCUT2D eigenvalue weighted by Gasteiger charge is -2.07. The largest absolute Gasteiger partial charge is 0.454 e. The molecule has 0 bridgehead atoms. The third-order valence-electron chi connectivity index (χ3n) is 3.79. The highest BCUT2D eigenvalue weighted by atomic mass is 32.2. The molecule has 0 radical (unpaired) electrons. The third-order valence-corrected chi connectivity index (χ3v) is 5.27. The molecule has 1 amide bonds. The molecule has 0 saturated heterocycles. The molecule has 0 spiro atoms. The number of rotatable bonds is 9. The van der Waals surface area contributed by atoms with Crippen molar-refractivity contribution in [1.29, 1.82) is 5.26 Å². The number of sulfonamides is 1. The summed E-state index contributed by atoms with van der Waals surface area (Å²) < 4.78 is 31.3. The topological polar surface area (TPSA) is 142 Å². The van der Waals surface area contributed by atoms with Crippen LogP contribution in [0, 0.1) is 11.3 Å². The second kappa shape index (κ2) is 10.3. The summed E-state index contributed by atoms with van der Waals surface area (Å²) in [5, 5.41) is 11.0. The van der Waals surface area contributed by atoms with Crippen molar-refractivity contribution in [2.45, 2.75) is 18.2 Å². The number of nitrogens with zero attached hydrogens (tertiary/aromatic N) is 1. The van der Waals surface area contributed by atoms with E-state index in [1.54, 1.807) is 12.1 Å². The molecule has 30 heavy (non-hydrogen) atoms. The minimum Gasteiger partial charge on any atom is -0.454 e. The van der Waals surface area contributed by atoms with Gasteiger partial charge in [0.15, 0.2) is 12.4 Å². The van der Waals surface area contributed by atoms with Gasteiger partial charge in [-0.15, -0.1) is 0 Å². The summed E-state index contributed by atoms with van der Waals surface area (Å²) in [6, 6.07) is 12.9. The Morgan fingerprint density at radius 3 is 2.17 bits per heavy atom. The first kappa shape index (κ1) is 22.7. The van der Waals surface area contributed by atoms with Crippen LogP contribution < -0.4 is 10.0 Å². The molecule has 0 heterocycles. The van der Waals surface area contributed by atoms with Crippen LogP contribution in [-0.2, 0) is 19.6 Å². The van der Waals surface area contributed by atoms with Gasteiger partial charge in [-0.25, -0.2) is 17.9 Å². The number of hydrogen-bond acceptors (Lipinski definition) is 7. The molecule has 2 rings (SSSR count). The van der Waals surface area contributed by atoms with Crippen LogP contribution in [0.2, 0.25) is 0 Å². The van der Waals surface area contributed by atoms with Crippen molar-refractivity contribution in [3.05, 3.63) is 59.7 Å². The van der Waals surface area contributed by atoms with E-state index < -0.39 is 28.4 Å². The van der Waals surface area contributed by atoms with Crippen LogP contribution in [0.5, 0.6) is 0 Å². The molecule has 2 N–H and O–H groups in total. The predicted octanol–water partition coefficient (Wildman–Crippen LogP) is 1.88. The van der Waals surface area contributed by atoms with Crippen molar-refractivity contribution in [2.24, 2.45) is 0 Å². The molecule has 2 aromatic rings. The monoisotopic (exact) mass is 429 g/mol. The van der Waals surface area contributed by atoms with Gasteiger partial charge in [-0.2, -0.15) is 5.26 Å². The van der Waals surface area contributed by atoms with Gasteiger partial charge >= 0.3 is 5.97 Å². The average Bonchev–Trinajstić information content (AvgIpc) is 2.72. The Morgan fingerprint density at radius 1 is 1.00 bits per heavy atom. The van der Waals surface area contributed by atoms with Crippen molar-refractivity contribution in [3.63, 3.8) is 0 Å². The number of hydrogen-bond donors (Lipinski definition) is 2. The van der Waals surface area contributed by atoms with E-state index in [0.717, 1.165) is 0 Å². The van der Waals surface area contributed by atoms with E-state index >= 15 is 0 Å². The molecule has 0 fully saturated rings. The Hall–Kier alpha value is -3.55. The fraction of sp³-hybridized carbons (Fsp3) is 0.200. The molecule has 0 atom stereocenters. The minimum atomic E-state index is -3.78. The lowest BCUT2D eigenvalue weighted by atomic mass is 10.1. The van der Waals surface area contributed by atoms with E-state index in [2.05, 4.69) is 10.0 Å². The van der Waals surface area contributed by atoms with E-state index in [4.69, 9.17) is 10.00 Å². The first-order valence-electron chi connectivity index (χ1n) is 8.77. The van der Waals surface area contributed by atoms with Crippen LogP contribution in [0.15, 0.2) is 53.4 Å². The highest BCUT2D eigenvalue weighted by Crippen LogP contribution is 2.13. The molecular weight excluding hydrogens is 410 g/mol. The lowest BCUT2D eigenvalue weighted by molar-refractivity contribution is -0.114. The Kier molecular flexibility index (Phi) is 7.80. The zero-order valence-electron chi connectivity index (χ0n) is 16.0. The summed E-state index contributed by atoms with van der Waals surface area (Å²) in [5.41, 5.74) is 0.926. The number of carbonyl (C=O) groups is 3. The van der Waals surface area contributed by atoms with Gasteiger partial charge in [0.1, 0.15) is 0 Å². The number of amides is 1. The minimum absolute atomic E-state index is 0.0173. The third kappa shape index (κ3) is 6.51. The Morgan fingerprint density at radius 2 is 1.60 bits per heavy atom. The van der Waals surface area contributed by atoms with Crippen LogP contribution in [0.3, 0.4) is 0 Å². The summed E-state index contributed by atoms with van der Waals surface area (Å²) >= 11 is 0. The number of ketones is 1. The van der Waals surface area contributed by atoms with Crippen LogP contribution in [0.1, 0.15) is 34.1 Å². The molecule has 0 saturated carbocycles. The molecule has 9 nitrogen and oxygen atoms in total. The van der Waals surface area contributed by atoms with Crippen molar-refractivity contribution >= 4 is 33.4 Å². The second-order valence-corrected chi connectivity index (χ2v) is 7.86. The van der Waals surface area contributed by atoms with Crippen LogP contribution in [0.25, 0.3) is 0 Å². The number of esters is 1. The van der Waals surface area contributed by atoms with E-state index in [1.165, 1.54) is 43.3 Å². The average molecular weight is 429 g/mol. The molecule has 0 aliphatic carbocycles. The standard InChI is InChI=1S/C20H19N3O6S/c1-14(24)23-17-7-3-15(4-8-17)19(25)13-29-20(26)16-5-9-18(10-6-16)30(27,28)22-12-2-11-21/h3-10,22H,2,12-13H2,1H3,(H,23,24). The van der Waals surface area contributed by atoms with Gasteiger partial charge in [0.05, 0.1) is 16.5 Å². The molecular formula is C20H19N3O6S. The van der Waals surface area contributed by atoms with Crippen molar-refractivity contribution in [1.82, 2.24) is 4.72 Å². The number of ether oxygens (including phenoxy) is 1. The number of anilines is 1. The van der Waals surface area contributed by atoms with E-state index in [0.29, 0.717) is 11.3 Å². The molecule has 10 heteroatoms. The van der Waals surface area contributed by atoms with Crippen LogP contribution >= 0.6 is 0 Å². The van der Waals surface area contributed by atoms with Gasteiger partial charge in [0.25, 0.3) is 0 Å². The van der Waals surface area contributed by atoms with E-state index in [-0.39, 0.29) is 29.3 Å². The van der Waals surface area contributed by atoms with E-state index in [1.807, 2.05) is 6.07 Å². The molecule has 0 aromatic heterocycles. The number of nitriles is 1. The summed E-state index contributed by atoms with van der Waals surface area (Å²) in [7, 11) is -3.78. The molecule has 0 unspecified atom stereocenters. The lowest BCUT2D eigenvalue weighted by Crippen LogP contribution is -2.24. The maximum Gasteiger partial charge on any atom is 0.338 e. The smallest absolute Gasteiger partial charge is 0.338 e. The van der Waals surface area contributed by atoms with Crippen LogP contribution in [0.4, 0.5) is 5.69 Å².